The van der Waals surface area contributed by atoms with Crippen molar-refractivity contribution < 1.29 is 0 Å². The van der Waals surface area contributed by atoms with Crippen molar-refractivity contribution in [3.8, 4) is 5.69 Å². The number of hydrogen-bond donors (Lipinski definition) is 1. The first-order chi connectivity index (χ1) is 8.58. The molecule has 0 atom stereocenters. The maximum Gasteiger partial charge on any atom is 0.169 e. The van der Waals surface area contributed by atoms with Crippen LogP contribution in [-0.2, 0) is 0 Å². The van der Waals surface area contributed by atoms with Crippen LogP contribution in [0, 0.1) is 0 Å². The maximum atomic E-state index is 6.18. The number of halogens is 3. The third-order valence-electron chi connectivity index (χ3n) is 2.89. The molecular weight excluding hydrogens is 295 g/mol. The van der Waals surface area contributed by atoms with Gasteiger partial charge in [0.15, 0.2) is 5.82 Å². The lowest BCUT2D eigenvalue weighted by atomic mass is 10.2. The third kappa shape index (κ3) is 1.94. The molecule has 7 heteroatoms. The van der Waals surface area contributed by atoms with E-state index in [2.05, 4.69) is 10.3 Å². The first-order valence-electron chi connectivity index (χ1n) is 5.44. The Kier molecular flexibility index (Phi) is 2.88. The van der Waals surface area contributed by atoms with Crippen molar-refractivity contribution in [2.24, 2.45) is 0 Å². The predicted octanol–water partition coefficient (Wildman–Crippen LogP) is 3.69. The lowest BCUT2D eigenvalue weighted by molar-refractivity contribution is 0.764. The summed E-state index contributed by atoms with van der Waals surface area (Å²) in [5.74, 6) is 0.822. The number of benzene rings is 1. The molecule has 2 aromatic rings. The molecule has 18 heavy (non-hydrogen) atoms. The Bertz CT molecular complexity index is 596. The molecule has 0 amide bonds. The third-order valence-corrected chi connectivity index (χ3v) is 3.68. The van der Waals surface area contributed by atoms with E-state index in [1.807, 2.05) is 0 Å². The van der Waals surface area contributed by atoms with Gasteiger partial charge in [0, 0.05) is 10.9 Å². The number of nitrogens with two attached hydrogens (primary N) is 1. The second-order valence-electron chi connectivity index (χ2n) is 4.26. The summed E-state index contributed by atoms with van der Waals surface area (Å²) in [6, 6.07) is 3.25. The van der Waals surface area contributed by atoms with Crippen molar-refractivity contribution in [1.82, 2.24) is 15.0 Å². The van der Waals surface area contributed by atoms with Crippen LogP contribution in [-0.4, -0.2) is 15.0 Å². The van der Waals surface area contributed by atoms with Crippen LogP contribution in [0.4, 0.5) is 5.82 Å². The van der Waals surface area contributed by atoms with Gasteiger partial charge in [-0.2, -0.15) is 0 Å². The van der Waals surface area contributed by atoms with E-state index in [1.165, 1.54) is 0 Å². The topological polar surface area (TPSA) is 56.7 Å². The van der Waals surface area contributed by atoms with E-state index in [0.29, 0.717) is 32.5 Å². The van der Waals surface area contributed by atoms with Gasteiger partial charge in [-0.1, -0.05) is 40.0 Å². The van der Waals surface area contributed by atoms with Crippen LogP contribution in [0.25, 0.3) is 5.69 Å². The first-order valence-corrected chi connectivity index (χ1v) is 6.57. The fraction of sp³-hybridized carbons (Fsp3) is 0.273. The molecule has 1 aromatic heterocycles. The minimum atomic E-state index is 0.391. The van der Waals surface area contributed by atoms with Crippen LogP contribution >= 0.6 is 34.8 Å². The minimum Gasteiger partial charge on any atom is -0.381 e. The molecule has 4 nitrogen and oxygen atoms in total. The predicted molar refractivity (Wildman–Crippen MR) is 72.8 cm³/mol. The number of nitrogen functional groups attached to an aromatic ring is 1. The van der Waals surface area contributed by atoms with E-state index in [9.17, 15) is 0 Å². The summed E-state index contributed by atoms with van der Waals surface area (Å²) >= 11 is 18.2. The van der Waals surface area contributed by atoms with Crippen LogP contribution in [0.5, 0.6) is 0 Å². The van der Waals surface area contributed by atoms with Crippen LogP contribution in [0.3, 0.4) is 0 Å². The van der Waals surface area contributed by atoms with Gasteiger partial charge in [-0.15, -0.1) is 5.10 Å². The molecule has 0 unspecified atom stereocenters. The largest absolute Gasteiger partial charge is 0.381 e. The molecule has 1 saturated carbocycles. The molecule has 2 N–H and O–H groups in total. The van der Waals surface area contributed by atoms with E-state index in [1.54, 1.807) is 16.8 Å². The first kappa shape index (κ1) is 12.1. The number of anilines is 1. The van der Waals surface area contributed by atoms with Gasteiger partial charge >= 0.3 is 0 Å². The summed E-state index contributed by atoms with van der Waals surface area (Å²) in [6.45, 7) is 0. The Morgan fingerprint density at radius 3 is 2.33 bits per heavy atom. The van der Waals surface area contributed by atoms with E-state index >= 15 is 0 Å². The Balaban J connectivity index is 2.21. The molecule has 0 radical (unpaired) electrons. The van der Waals surface area contributed by atoms with Gasteiger partial charge in [0.2, 0.25) is 0 Å². The summed E-state index contributed by atoms with van der Waals surface area (Å²) in [6.07, 6.45) is 2.17. The van der Waals surface area contributed by atoms with Crippen molar-refractivity contribution in [3.05, 3.63) is 32.9 Å². The number of hydrogen-bond acceptors (Lipinski definition) is 3. The summed E-state index contributed by atoms with van der Waals surface area (Å²) in [5, 5.41) is 9.27. The van der Waals surface area contributed by atoms with Crippen LogP contribution < -0.4 is 5.73 Å². The minimum absolute atomic E-state index is 0.391. The zero-order valence-corrected chi connectivity index (χ0v) is 11.5. The van der Waals surface area contributed by atoms with Gasteiger partial charge in [0.1, 0.15) is 5.69 Å². The Morgan fingerprint density at radius 1 is 1.17 bits per heavy atom. The number of nitrogens with zero attached hydrogens (tertiary/aromatic N) is 3. The second-order valence-corrected chi connectivity index (χ2v) is 5.51. The van der Waals surface area contributed by atoms with E-state index < -0.39 is 0 Å². The molecule has 0 bridgehead atoms. The second kappa shape index (κ2) is 4.30. The zero-order valence-electron chi connectivity index (χ0n) is 9.20. The quantitative estimate of drug-likeness (QED) is 0.920. The van der Waals surface area contributed by atoms with E-state index in [4.69, 9.17) is 40.5 Å². The van der Waals surface area contributed by atoms with E-state index in [-0.39, 0.29) is 0 Å². The Hall–Kier alpha value is -0.970. The monoisotopic (exact) mass is 302 g/mol. The molecule has 1 aromatic carbocycles. The van der Waals surface area contributed by atoms with Gasteiger partial charge in [-0.25, -0.2) is 4.68 Å². The van der Waals surface area contributed by atoms with Gasteiger partial charge in [0.25, 0.3) is 0 Å². The summed E-state index contributed by atoms with van der Waals surface area (Å²) < 4.78 is 1.62. The van der Waals surface area contributed by atoms with Crippen molar-refractivity contribution in [3.63, 3.8) is 0 Å². The van der Waals surface area contributed by atoms with Crippen molar-refractivity contribution in [2.75, 3.05) is 5.73 Å². The highest BCUT2D eigenvalue weighted by Gasteiger charge is 2.32. The average Bonchev–Trinajstić information content (AvgIpc) is 3.03. The van der Waals surface area contributed by atoms with Gasteiger partial charge in [-0.3, -0.25) is 0 Å². The molecule has 0 spiro atoms. The van der Waals surface area contributed by atoms with Gasteiger partial charge < -0.3 is 5.73 Å². The Morgan fingerprint density at radius 2 is 1.78 bits per heavy atom. The summed E-state index contributed by atoms with van der Waals surface area (Å²) in [5.41, 5.74) is 7.30. The number of aromatic nitrogens is 3. The normalized spacial score (nSPS) is 15.1. The fourth-order valence-electron chi connectivity index (χ4n) is 1.94. The highest BCUT2D eigenvalue weighted by molar-refractivity contribution is 6.40. The zero-order chi connectivity index (χ0) is 12.9. The molecule has 0 aliphatic heterocycles. The summed E-state index contributed by atoms with van der Waals surface area (Å²) in [7, 11) is 0. The molecular formula is C11H9Cl3N4. The van der Waals surface area contributed by atoms with Gasteiger partial charge in [0.05, 0.1) is 15.7 Å². The van der Waals surface area contributed by atoms with Crippen LogP contribution in [0.15, 0.2) is 12.1 Å². The highest BCUT2D eigenvalue weighted by Crippen LogP contribution is 2.44. The van der Waals surface area contributed by atoms with Crippen molar-refractivity contribution in [2.45, 2.75) is 18.8 Å². The van der Waals surface area contributed by atoms with Gasteiger partial charge in [-0.05, 0) is 25.0 Å². The Labute approximate surface area is 119 Å². The molecule has 94 valence electrons. The molecule has 3 rings (SSSR count). The molecule has 1 heterocycles. The van der Waals surface area contributed by atoms with Crippen molar-refractivity contribution >= 4 is 40.6 Å². The van der Waals surface area contributed by atoms with E-state index in [0.717, 1.165) is 18.5 Å². The van der Waals surface area contributed by atoms with Crippen molar-refractivity contribution in [1.29, 1.82) is 0 Å². The molecule has 1 aliphatic carbocycles. The number of rotatable bonds is 2. The smallest absolute Gasteiger partial charge is 0.169 e. The highest BCUT2D eigenvalue weighted by atomic mass is 35.5. The average molecular weight is 304 g/mol. The molecule has 1 fully saturated rings. The lowest BCUT2D eigenvalue weighted by Gasteiger charge is -2.10. The summed E-state index contributed by atoms with van der Waals surface area (Å²) in [4.78, 5) is 0. The lowest BCUT2D eigenvalue weighted by Crippen LogP contribution is -2.04. The molecule has 0 saturated heterocycles. The standard InChI is InChI=1S/C11H9Cl3N4/c12-6-3-7(13)10(8(14)4-6)18-9(5-1-2-5)11(15)16-17-18/h3-5H,1-2,15H2. The van der Waals surface area contributed by atoms with Crippen LogP contribution in [0.2, 0.25) is 15.1 Å². The SMILES string of the molecule is Nc1nnn(-c2c(Cl)cc(Cl)cc2Cl)c1C1CC1. The van der Waals surface area contributed by atoms with Crippen LogP contribution in [0.1, 0.15) is 24.5 Å². The fourth-order valence-corrected chi connectivity index (χ4v) is 2.92. The molecule has 1 aliphatic rings. The maximum absolute atomic E-state index is 6.18.